The number of nitrogens with one attached hydrogen (secondary N) is 2. The topological polar surface area (TPSA) is 96.1 Å². The van der Waals surface area contributed by atoms with Crippen molar-refractivity contribution in [3.05, 3.63) is 33.7 Å². The van der Waals surface area contributed by atoms with Crippen molar-refractivity contribution >= 4 is 15.7 Å². The van der Waals surface area contributed by atoms with Crippen molar-refractivity contribution in [3.8, 4) is 0 Å². The Labute approximate surface area is 111 Å². The van der Waals surface area contributed by atoms with E-state index in [1.165, 1.54) is 6.07 Å². The van der Waals surface area contributed by atoms with Crippen LogP contribution < -0.4 is 10.9 Å². The summed E-state index contributed by atoms with van der Waals surface area (Å²) in [6.07, 6.45) is 0.366. The Bertz CT molecular complexity index is 677. The monoisotopic (exact) mass is 284 g/mol. The third kappa shape index (κ3) is 3.04. The molecule has 1 fully saturated rings. The van der Waals surface area contributed by atoms with Crippen LogP contribution in [0.5, 0.6) is 0 Å². The zero-order chi connectivity index (χ0) is 14.3. The van der Waals surface area contributed by atoms with Crippen LogP contribution in [0.25, 0.3) is 0 Å². The molecule has 1 unspecified atom stereocenters. The van der Waals surface area contributed by atoms with Crippen LogP contribution in [0.4, 0.5) is 0 Å². The predicted octanol–water partition coefficient (Wildman–Crippen LogP) is -0.00968. The Morgan fingerprint density at radius 2 is 2.11 bits per heavy atom. The molecular weight excluding hydrogens is 268 g/mol. The highest BCUT2D eigenvalue weighted by Crippen LogP contribution is 2.23. The number of aromatic amines is 1. The summed E-state index contributed by atoms with van der Waals surface area (Å²) in [7, 11) is -3.10. The largest absolute Gasteiger partial charge is 0.346 e. The number of aryl methyl sites for hydroxylation is 1. The minimum Gasteiger partial charge on any atom is -0.346 e. The van der Waals surface area contributed by atoms with Gasteiger partial charge in [-0.15, -0.1) is 0 Å². The molecule has 6 nitrogen and oxygen atoms in total. The molecule has 2 heterocycles. The van der Waals surface area contributed by atoms with Crippen LogP contribution in [0.3, 0.4) is 0 Å². The van der Waals surface area contributed by atoms with Crippen molar-refractivity contribution in [1.82, 2.24) is 10.3 Å². The standard InChI is InChI=1S/C12H16N2O4S/c1-8-3-4-9(10(15)13-8)11(16)14-12(2)5-6-19(17,18)7-12/h3-4H,5-7H2,1-2H3,(H,13,15)(H,14,16). The molecule has 2 rings (SSSR count). The maximum Gasteiger partial charge on any atom is 0.260 e. The summed E-state index contributed by atoms with van der Waals surface area (Å²) in [6, 6.07) is 3.07. The van der Waals surface area contributed by atoms with Crippen molar-refractivity contribution in [2.45, 2.75) is 25.8 Å². The number of carbonyl (C=O) groups is 1. The third-order valence-electron chi connectivity index (χ3n) is 3.22. The van der Waals surface area contributed by atoms with E-state index < -0.39 is 26.8 Å². The Morgan fingerprint density at radius 1 is 1.42 bits per heavy atom. The predicted molar refractivity (Wildman–Crippen MR) is 70.9 cm³/mol. The zero-order valence-electron chi connectivity index (χ0n) is 10.8. The van der Waals surface area contributed by atoms with Crippen LogP contribution >= 0.6 is 0 Å². The summed E-state index contributed by atoms with van der Waals surface area (Å²) >= 11 is 0. The number of rotatable bonds is 2. The van der Waals surface area contributed by atoms with Gasteiger partial charge in [-0.1, -0.05) is 0 Å². The average Bonchev–Trinajstić information content (AvgIpc) is 2.52. The van der Waals surface area contributed by atoms with E-state index in [0.29, 0.717) is 12.1 Å². The molecule has 1 saturated heterocycles. The third-order valence-corrected chi connectivity index (χ3v) is 5.12. The fourth-order valence-corrected chi connectivity index (χ4v) is 4.29. The van der Waals surface area contributed by atoms with E-state index >= 15 is 0 Å². The summed E-state index contributed by atoms with van der Waals surface area (Å²) in [5.74, 6) is -0.565. The summed E-state index contributed by atoms with van der Waals surface area (Å²) in [6.45, 7) is 3.39. The average molecular weight is 284 g/mol. The van der Waals surface area contributed by atoms with Gasteiger partial charge in [-0.3, -0.25) is 9.59 Å². The lowest BCUT2D eigenvalue weighted by molar-refractivity contribution is 0.0914. The number of hydrogen-bond donors (Lipinski definition) is 2. The lowest BCUT2D eigenvalue weighted by atomic mass is 10.0. The van der Waals surface area contributed by atoms with Crippen molar-refractivity contribution in [2.75, 3.05) is 11.5 Å². The van der Waals surface area contributed by atoms with E-state index in [4.69, 9.17) is 0 Å². The fraction of sp³-hybridized carbons (Fsp3) is 0.500. The molecule has 0 aliphatic carbocycles. The van der Waals surface area contributed by atoms with Gasteiger partial charge in [-0.25, -0.2) is 8.42 Å². The molecule has 1 aromatic rings. The van der Waals surface area contributed by atoms with Gasteiger partial charge in [0.2, 0.25) is 0 Å². The molecule has 1 amide bonds. The van der Waals surface area contributed by atoms with Crippen LogP contribution in [-0.4, -0.2) is 36.4 Å². The molecule has 7 heteroatoms. The van der Waals surface area contributed by atoms with Crippen molar-refractivity contribution < 1.29 is 13.2 Å². The fourth-order valence-electron chi connectivity index (χ4n) is 2.20. The van der Waals surface area contributed by atoms with Gasteiger partial charge in [0.1, 0.15) is 5.56 Å². The summed E-state index contributed by atoms with van der Waals surface area (Å²) in [4.78, 5) is 26.2. The van der Waals surface area contributed by atoms with Crippen LogP contribution in [0, 0.1) is 6.92 Å². The first-order chi connectivity index (χ1) is 8.71. The highest BCUT2D eigenvalue weighted by atomic mass is 32.2. The molecule has 19 heavy (non-hydrogen) atoms. The highest BCUT2D eigenvalue weighted by Gasteiger charge is 2.39. The number of sulfone groups is 1. The number of carbonyl (C=O) groups excluding carboxylic acids is 1. The maximum atomic E-state index is 12.0. The van der Waals surface area contributed by atoms with E-state index in [1.54, 1.807) is 19.9 Å². The minimum atomic E-state index is -3.10. The summed E-state index contributed by atoms with van der Waals surface area (Å²) in [5, 5.41) is 2.65. The van der Waals surface area contributed by atoms with E-state index in [9.17, 15) is 18.0 Å². The van der Waals surface area contributed by atoms with Crippen molar-refractivity contribution in [3.63, 3.8) is 0 Å². The van der Waals surface area contributed by atoms with Crippen molar-refractivity contribution in [1.29, 1.82) is 0 Å². The van der Waals surface area contributed by atoms with Gasteiger partial charge in [0, 0.05) is 5.69 Å². The molecule has 0 bridgehead atoms. The van der Waals surface area contributed by atoms with Gasteiger partial charge in [0.25, 0.3) is 11.5 Å². The quantitative estimate of drug-likeness (QED) is 0.798. The van der Waals surface area contributed by atoms with Gasteiger partial charge in [0.15, 0.2) is 9.84 Å². The molecular formula is C12H16N2O4S. The Hall–Kier alpha value is -1.63. The Kier molecular flexibility index (Phi) is 3.25. The number of pyridine rings is 1. The molecule has 0 saturated carbocycles. The zero-order valence-corrected chi connectivity index (χ0v) is 11.6. The Balaban J connectivity index is 2.20. The van der Waals surface area contributed by atoms with E-state index in [2.05, 4.69) is 10.3 Å². The first kappa shape index (κ1) is 13.8. The molecule has 1 aliphatic heterocycles. The number of amides is 1. The molecule has 0 aromatic carbocycles. The van der Waals surface area contributed by atoms with Crippen LogP contribution in [0.2, 0.25) is 0 Å². The van der Waals surface area contributed by atoms with Crippen LogP contribution in [-0.2, 0) is 9.84 Å². The summed E-state index contributed by atoms with van der Waals surface area (Å²) in [5.41, 5.74) is -0.609. The molecule has 0 spiro atoms. The molecule has 0 radical (unpaired) electrons. The SMILES string of the molecule is Cc1ccc(C(=O)NC2(C)CCS(=O)(=O)C2)c(=O)[nH]1. The number of hydrogen-bond acceptors (Lipinski definition) is 4. The normalized spacial score (nSPS) is 25.2. The Morgan fingerprint density at radius 3 is 2.63 bits per heavy atom. The first-order valence-corrected chi connectivity index (χ1v) is 7.76. The molecule has 1 aliphatic rings. The lowest BCUT2D eigenvalue weighted by Gasteiger charge is -2.23. The molecule has 104 valence electrons. The smallest absolute Gasteiger partial charge is 0.260 e. The second kappa shape index (κ2) is 4.48. The van der Waals surface area contributed by atoms with Gasteiger partial charge in [-0.2, -0.15) is 0 Å². The van der Waals surface area contributed by atoms with Crippen LogP contribution in [0.1, 0.15) is 29.4 Å². The van der Waals surface area contributed by atoms with Gasteiger partial charge in [-0.05, 0) is 32.4 Å². The second-order valence-corrected chi connectivity index (χ2v) is 7.43. The van der Waals surface area contributed by atoms with E-state index in [1.807, 2.05) is 0 Å². The lowest BCUT2D eigenvalue weighted by Crippen LogP contribution is -2.48. The van der Waals surface area contributed by atoms with E-state index in [0.717, 1.165) is 0 Å². The van der Waals surface area contributed by atoms with Gasteiger partial charge >= 0.3 is 0 Å². The van der Waals surface area contributed by atoms with Crippen LogP contribution in [0.15, 0.2) is 16.9 Å². The maximum absolute atomic E-state index is 12.0. The summed E-state index contributed by atoms with van der Waals surface area (Å²) < 4.78 is 22.9. The molecule has 1 atom stereocenters. The molecule has 1 aromatic heterocycles. The minimum absolute atomic E-state index is 0.00359. The second-order valence-electron chi connectivity index (χ2n) is 5.24. The molecule has 2 N–H and O–H groups in total. The number of aromatic nitrogens is 1. The highest BCUT2D eigenvalue weighted by molar-refractivity contribution is 7.91. The van der Waals surface area contributed by atoms with Gasteiger partial charge < -0.3 is 10.3 Å². The van der Waals surface area contributed by atoms with E-state index in [-0.39, 0.29) is 17.1 Å². The number of H-pyrrole nitrogens is 1. The van der Waals surface area contributed by atoms with Gasteiger partial charge in [0.05, 0.1) is 17.0 Å². The van der Waals surface area contributed by atoms with Crippen molar-refractivity contribution in [2.24, 2.45) is 0 Å². The first-order valence-electron chi connectivity index (χ1n) is 5.94.